The number of thioether (sulfide) groups is 1. The first-order valence-electron chi connectivity index (χ1n) is 11.0. The van der Waals surface area contributed by atoms with Crippen molar-refractivity contribution >= 4 is 23.4 Å². The fourth-order valence-electron chi connectivity index (χ4n) is 3.79. The Morgan fingerprint density at radius 2 is 2.15 bits per heavy atom. The van der Waals surface area contributed by atoms with Gasteiger partial charge in [0.1, 0.15) is 18.1 Å². The number of amides is 1. The lowest BCUT2D eigenvalue weighted by Crippen LogP contribution is -2.32. The second-order valence-electron chi connectivity index (χ2n) is 8.45. The van der Waals surface area contributed by atoms with Gasteiger partial charge in [0.2, 0.25) is 5.91 Å². The molecule has 1 aliphatic rings. The van der Waals surface area contributed by atoms with Gasteiger partial charge in [-0.2, -0.15) is 5.10 Å². The third-order valence-corrected chi connectivity index (χ3v) is 6.76. The molecule has 1 atom stereocenters. The molecule has 0 radical (unpaired) electrons. The van der Waals surface area contributed by atoms with Crippen LogP contribution in [0.15, 0.2) is 47.5 Å². The zero-order chi connectivity index (χ0) is 23.4. The van der Waals surface area contributed by atoms with Crippen LogP contribution >= 0.6 is 11.8 Å². The van der Waals surface area contributed by atoms with Gasteiger partial charge in [0.25, 0.3) is 0 Å². The smallest absolute Gasteiger partial charge is 0.231 e. The number of ether oxygens (including phenoxy) is 2. The summed E-state index contributed by atoms with van der Waals surface area (Å²) in [7, 11) is 5.76. The number of carbonyl (C=O) groups excluding carboxylic acids is 1. The molecule has 0 bridgehead atoms. The van der Waals surface area contributed by atoms with Gasteiger partial charge >= 0.3 is 0 Å². The summed E-state index contributed by atoms with van der Waals surface area (Å²) in [6, 6.07) is 11.9. The summed E-state index contributed by atoms with van der Waals surface area (Å²) in [6.07, 6.45) is 2.45. The Labute approximate surface area is 198 Å². The van der Waals surface area contributed by atoms with Crippen molar-refractivity contribution in [2.24, 2.45) is 5.92 Å². The predicted molar refractivity (Wildman–Crippen MR) is 132 cm³/mol. The second kappa shape index (κ2) is 10.3. The number of anilines is 1. The van der Waals surface area contributed by atoms with E-state index in [-0.39, 0.29) is 11.8 Å². The van der Waals surface area contributed by atoms with Crippen LogP contribution < -0.4 is 14.8 Å². The first-order valence-corrected chi connectivity index (χ1v) is 12.0. The van der Waals surface area contributed by atoms with Crippen molar-refractivity contribution in [1.29, 1.82) is 0 Å². The van der Waals surface area contributed by atoms with E-state index >= 15 is 0 Å². The molecule has 2 N–H and O–H groups in total. The number of nitrogens with one attached hydrogen (secondary N) is 2. The molecule has 7 nitrogen and oxygen atoms in total. The summed E-state index contributed by atoms with van der Waals surface area (Å²) < 4.78 is 11.2. The lowest BCUT2D eigenvalue weighted by atomic mass is 9.95. The average molecular weight is 467 g/mol. The van der Waals surface area contributed by atoms with Gasteiger partial charge in [-0.15, -0.1) is 11.8 Å². The second-order valence-corrected chi connectivity index (χ2v) is 9.58. The number of methoxy groups -OCH3 is 1. The number of rotatable bonds is 8. The van der Waals surface area contributed by atoms with Crippen molar-refractivity contribution in [3.05, 3.63) is 53.9 Å². The number of carbonyl (C=O) groups is 1. The van der Waals surface area contributed by atoms with Crippen LogP contribution in [-0.4, -0.2) is 61.1 Å². The molecule has 33 heavy (non-hydrogen) atoms. The molecule has 0 aliphatic carbocycles. The summed E-state index contributed by atoms with van der Waals surface area (Å²) in [5, 5.41) is 10.3. The molecule has 0 spiro atoms. The van der Waals surface area contributed by atoms with Crippen molar-refractivity contribution in [2.75, 3.05) is 45.4 Å². The number of aryl methyl sites for hydroxylation is 1. The SMILES string of the molecule is COc1ccc2c(c1)C[C@H](C(=O)Nc1ccc(-c3cn[nH]c3C)cc1SCCN(C)C)CO2. The van der Waals surface area contributed by atoms with Crippen molar-refractivity contribution < 1.29 is 14.3 Å². The number of aromatic amines is 1. The number of nitrogens with zero attached hydrogens (tertiary/aromatic N) is 2. The molecular weight excluding hydrogens is 436 g/mol. The van der Waals surface area contributed by atoms with Crippen molar-refractivity contribution in [2.45, 2.75) is 18.2 Å². The molecule has 2 aromatic carbocycles. The highest BCUT2D eigenvalue weighted by molar-refractivity contribution is 7.99. The third-order valence-electron chi connectivity index (χ3n) is 5.72. The van der Waals surface area contributed by atoms with Crippen LogP contribution in [0.25, 0.3) is 11.1 Å². The minimum absolute atomic E-state index is 0.0369. The summed E-state index contributed by atoms with van der Waals surface area (Å²) in [5.41, 5.74) is 4.98. The Hall–Kier alpha value is -2.97. The molecule has 3 aromatic rings. The molecule has 1 aromatic heterocycles. The van der Waals surface area contributed by atoms with Crippen LogP contribution in [-0.2, 0) is 11.2 Å². The van der Waals surface area contributed by atoms with Crippen LogP contribution in [0.2, 0.25) is 0 Å². The molecule has 8 heteroatoms. The highest BCUT2D eigenvalue weighted by atomic mass is 32.2. The highest BCUT2D eigenvalue weighted by Gasteiger charge is 2.27. The molecule has 0 fully saturated rings. The molecule has 0 saturated carbocycles. The van der Waals surface area contributed by atoms with Crippen LogP contribution in [0, 0.1) is 12.8 Å². The molecule has 0 saturated heterocycles. The number of fused-ring (bicyclic) bond motifs is 1. The van der Waals surface area contributed by atoms with E-state index in [0.29, 0.717) is 13.0 Å². The summed E-state index contributed by atoms with van der Waals surface area (Å²) >= 11 is 1.74. The maximum atomic E-state index is 13.2. The lowest BCUT2D eigenvalue weighted by Gasteiger charge is -2.25. The van der Waals surface area contributed by atoms with Gasteiger partial charge in [-0.3, -0.25) is 9.89 Å². The average Bonchev–Trinajstić information content (AvgIpc) is 3.24. The number of aromatic nitrogens is 2. The molecular formula is C25H30N4O3S. The minimum atomic E-state index is -0.264. The van der Waals surface area contributed by atoms with Gasteiger partial charge in [-0.25, -0.2) is 0 Å². The van der Waals surface area contributed by atoms with Crippen molar-refractivity contribution in [1.82, 2.24) is 15.1 Å². The van der Waals surface area contributed by atoms with E-state index in [1.807, 2.05) is 43.5 Å². The van der Waals surface area contributed by atoms with Crippen LogP contribution in [0.5, 0.6) is 11.5 Å². The van der Waals surface area contributed by atoms with Crippen molar-refractivity contribution in [3.63, 3.8) is 0 Å². The Morgan fingerprint density at radius 1 is 1.30 bits per heavy atom. The third kappa shape index (κ3) is 5.51. The number of benzene rings is 2. The van der Waals surface area contributed by atoms with Gasteiger partial charge < -0.3 is 19.7 Å². The van der Waals surface area contributed by atoms with E-state index < -0.39 is 0 Å². The van der Waals surface area contributed by atoms with E-state index in [4.69, 9.17) is 9.47 Å². The zero-order valence-electron chi connectivity index (χ0n) is 19.5. The van der Waals surface area contributed by atoms with Gasteiger partial charge in [0, 0.05) is 28.5 Å². The Balaban J connectivity index is 1.53. The maximum absolute atomic E-state index is 13.2. The quantitative estimate of drug-likeness (QED) is 0.484. The van der Waals surface area contributed by atoms with Gasteiger partial charge in [-0.05, 0) is 68.9 Å². The van der Waals surface area contributed by atoms with Gasteiger partial charge in [0.15, 0.2) is 0 Å². The van der Waals surface area contributed by atoms with Crippen LogP contribution in [0.1, 0.15) is 11.3 Å². The fraction of sp³-hybridized carbons (Fsp3) is 0.360. The molecule has 0 unspecified atom stereocenters. The molecule has 1 amide bonds. The summed E-state index contributed by atoms with van der Waals surface area (Å²) in [4.78, 5) is 16.4. The molecule has 4 rings (SSSR count). The van der Waals surface area contributed by atoms with E-state index in [1.165, 1.54) is 0 Å². The minimum Gasteiger partial charge on any atom is -0.497 e. The van der Waals surface area contributed by atoms with Gasteiger partial charge in [-0.1, -0.05) is 6.07 Å². The largest absolute Gasteiger partial charge is 0.497 e. The Kier molecular flexibility index (Phi) is 7.25. The van der Waals surface area contributed by atoms with Crippen LogP contribution in [0.4, 0.5) is 5.69 Å². The van der Waals surface area contributed by atoms with Crippen molar-refractivity contribution in [3.8, 4) is 22.6 Å². The predicted octanol–water partition coefficient (Wildman–Crippen LogP) is 4.24. The van der Waals surface area contributed by atoms with E-state index in [9.17, 15) is 4.79 Å². The van der Waals surface area contributed by atoms with Gasteiger partial charge in [0.05, 0.1) is 24.9 Å². The molecule has 174 valence electrons. The standard InChI is InChI=1S/C25H30N4O3S/c1-16-21(14-26-28-16)17-5-7-22(24(13-17)33-10-9-29(2)3)27-25(30)19-11-18-12-20(31-4)6-8-23(18)32-15-19/h5-8,12-14,19H,9-11,15H2,1-4H3,(H,26,28)(H,27,30)/t19-/m0/s1. The number of hydrogen-bond donors (Lipinski definition) is 2. The monoisotopic (exact) mass is 466 g/mol. The fourth-order valence-corrected chi connectivity index (χ4v) is 4.95. The first kappa shape index (κ1) is 23.2. The molecule has 2 heterocycles. The summed E-state index contributed by atoms with van der Waals surface area (Å²) in [5.74, 6) is 2.21. The Bertz CT molecular complexity index is 1130. The highest BCUT2D eigenvalue weighted by Crippen LogP contribution is 2.35. The normalized spacial score (nSPS) is 15.1. The topological polar surface area (TPSA) is 79.5 Å². The van der Waals surface area contributed by atoms with E-state index in [1.54, 1.807) is 18.9 Å². The van der Waals surface area contributed by atoms with E-state index in [2.05, 4.69) is 40.6 Å². The number of H-pyrrole nitrogens is 1. The zero-order valence-corrected chi connectivity index (χ0v) is 20.3. The molecule has 1 aliphatic heterocycles. The first-order chi connectivity index (χ1) is 15.9. The van der Waals surface area contributed by atoms with E-state index in [0.717, 1.165) is 56.8 Å². The summed E-state index contributed by atoms with van der Waals surface area (Å²) in [6.45, 7) is 3.31. The Morgan fingerprint density at radius 3 is 2.88 bits per heavy atom. The maximum Gasteiger partial charge on any atom is 0.231 e. The lowest BCUT2D eigenvalue weighted by molar-refractivity contribution is -0.121. The van der Waals surface area contributed by atoms with Crippen LogP contribution in [0.3, 0.4) is 0 Å². The number of hydrogen-bond acceptors (Lipinski definition) is 6.